The van der Waals surface area contributed by atoms with Crippen LogP contribution in [0.2, 0.25) is 0 Å². The monoisotopic (exact) mass is 484 g/mol. The average molecular weight is 485 g/mol. The van der Waals surface area contributed by atoms with Crippen LogP contribution in [0, 0.1) is 0 Å². The minimum atomic E-state index is -0.180. The molecule has 0 saturated carbocycles. The lowest BCUT2D eigenvalue weighted by molar-refractivity contribution is 0.0951. The molecule has 0 bridgehead atoms. The average Bonchev–Trinajstić information content (AvgIpc) is 3.29. The number of thioether (sulfide) groups is 1. The summed E-state index contributed by atoms with van der Waals surface area (Å²) in [7, 11) is 3.12. The molecule has 1 N–H and O–H groups in total. The summed E-state index contributed by atoms with van der Waals surface area (Å²) in [5.74, 6) is 2.87. The van der Waals surface area contributed by atoms with Gasteiger partial charge in [0.25, 0.3) is 5.91 Å². The van der Waals surface area contributed by atoms with Gasteiger partial charge >= 0.3 is 0 Å². The quantitative estimate of drug-likeness (QED) is 0.343. The molecule has 1 fully saturated rings. The maximum absolute atomic E-state index is 12.7. The van der Waals surface area contributed by atoms with Crippen molar-refractivity contribution in [1.82, 2.24) is 25.1 Å². The van der Waals surface area contributed by atoms with E-state index in [1.807, 2.05) is 10.9 Å². The van der Waals surface area contributed by atoms with E-state index in [-0.39, 0.29) is 5.91 Å². The number of nitrogens with one attached hydrogen (secondary N) is 1. The summed E-state index contributed by atoms with van der Waals surface area (Å²) in [6.07, 6.45) is 6.54. The lowest BCUT2D eigenvalue weighted by Gasteiger charge is -2.28. The summed E-state index contributed by atoms with van der Waals surface area (Å²) in [6.45, 7) is 5.11. The Morgan fingerprint density at radius 1 is 1.12 bits per heavy atom. The molecule has 34 heavy (non-hydrogen) atoms. The van der Waals surface area contributed by atoms with Crippen LogP contribution in [0.25, 0.3) is 11.0 Å². The molecule has 3 aromatic rings. The number of carbonyl (C=O) groups excluding carboxylic acids is 1. The summed E-state index contributed by atoms with van der Waals surface area (Å²) in [5, 5.41) is 9.29. The largest absolute Gasteiger partial charge is 0.493 e. The number of rotatable bonds is 10. The van der Waals surface area contributed by atoms with Gasteiger partial charge in [-0.15, -0.1) is 0 Å². The number of hydrogen-bond donors (Lipinski definition) is 1. The second-order valence-electron chi connectivity index (χ2n) is 8.16. The maximum atomic E-state index is 12.7. The number of piperidine rings is 1. The van der Waals surface area contributed by atoms with Crippen LogP contribution < -0.4 is 19.7 Å². The number of amides is 1. The van der Waals surface area contributed by atoms with Crippen LogP contribution in [-0.2, 0) is 6.54 Å². The van der Waals surface area contributed by atoms with Gasteiger partial charge in [-0.25, -0.2) is 14.6 Å². The molecule has 2 aromatic heterocycles. The van der Waals surface area contributed by atoms with Gasteiger partial charge in [0.05, 0.1) is 32.3 Å². The second kappa shape index (κ2) is 11.4. The first kappa shape index (κ1) is 24.1. The smallest absolute Gasteiger partial charge is 0.251 e. The SMILES string of the molecule is CCCSc1nc(N2CCCCC2)c2cnn(CCNC(=O)c3ccc(OC)c(OC)c3)c2n1. The minimum Gasteiger partial charge on any atom is -0.493 e. The summed E-state index contributed by atoms with van der Waals surface area (Å²) in [6, 6.07) is 5.12. The van der Waals surface area contributed by atoms with Gasteiger partial charge in [-0.3, -0.25) is 4.79 Å². The lowest BCUT2D eigenvalue weighted by atomic mass is 10.1. The van der Waals surface area contributed by atoms with Crippen molar-refractivity contribution in [3.63, 3.8) is 0 Å². The molecule has 1 aliphatic heterocycles. The minimum absolute atomic E-state index is 0.180. The number of aromatic nitrogens is 4. The van der Waals surface area contributed by atoms with E-state index in [9.17, 15) is 4.79 Å². The zero-order valence-electron chi connectivity index (χ0n) is 20.0. The third kappa shape index (κ3) is 5.38. The van der Waals surface area contributed by atoms with Crippen LogP contribution in [0.5, 0.6) is 11.5 Å². The van der Waals surface area contributed by atoms with Crippen molar-refractivity contribution < 1.29 is 14.3 Å². The zero-order valence-corrected chi connectivity index (χ0v) is 20.9. The van der Waals surface area contributed by atoms with E-state index in [1.165, 1.54) is 19.3 Å². The van der Waals surface area contributed by atoms with Crippen molar-refractivity contribution >= 4 is 34.5 Å². The molecule has 1 saturated heterocycles. The summed E-state index contributed by atoms with van der Waals surface area (Å²) in [5.41, 5.74) is 1.32. The fourth-order valence-electron chi connectivity index (χ4n) is 4.04. The fraction of sp³-hybridized carbons (Fsp3) is 0.500. The van der Waals surface area contributed by atoms with Crippen LogP contribution in [-0.4, -0.2) is 65.3 Å². The normalized spacial score (nSPS) is 13.8. The highest BCUT2D eigenvalue weighted by Gasteiger charge is 2.20. The number of methoxy groups -OCH3 is 2. The van der Waals surface area contributed by atoms with Crippen molar-refractivity contribution in [3.8, 4) is 11.5 Å². The number of fused-ring (bicyclic) bond motifs is 1. The van der Waals surface area contributed by atoms with Gasteiger partial charge in [-0.1, -0.05) is 18.7 Å². The van der Waals surface area contributed by atoms with E-state index >= 15 is 0 Å². The molecular weight excluding hydrogens is 452 g/mol. The number of ether oxygens (including phenoxy) is 2. The van der Waals surface area contributed by atoms with Crippen LogP contribution in [0.4, 0.5) is 5.82 Å². The van der Waals surface area contributed by atoms with Crippen molar-refractivity contribution in [3.05, 3.63) is 30.0 Å². The number of nitrogens with zero attached hydrogens (tertiary/aromatic N) is 5. The molecule has 0 aliphatic carbocycles. The van der Waals surface area contributed by atoms with Crippen molar-refractivity contribution in [2.45, 2.75) is 44.3 Å². The molecular formula is C24H32N6O3S. The van der Waals surface area contributed by atoms with Gasteiger partial charge in [-0.2, -0.15) is 5.10 Å². The van der Waals surface area contributed by atoms with Crippen LogP contribution in [0.1, 0.15) is 43.0 Å². The number of benzene rings is 1. The predicted molar refractivity (Wildman–Crippen MR) is 134 cm³/mol. The number of carbonyl (C=O) groups is 1. The topological polar surface area (TPSA) is 94.4 Å². The Balaban J connectivity index is 1.50. The molecule has 1 amide bonds. The maximum Gasteiger partial charge on any atom is 0.251 e. The number of hydrogen-bond acceptors (Lipinski definition) is 8. The highest BCUT2D eigenvalue weighted by Crippen LogP contribution is 2.30. The van der Waals surface area contributed by atoms with Crippen molar-refractivity contribution in [1.29, 1.82) is 0 Å². The number of anilines is 1. The molecule has 4 rings (SSSR count). The molecule has 1 aliphatic rings. The Bertz CT molecular complexity index is 1130. The first-order chi connectivity index (χ1) is 16.6. The van der Waals surface area contributed by atoms with Crippen LogP contribution in [0.3, 0.4) is 0 Å². The molecule has 0 atom stereocenters. The van der Waals surface area contributed by atoms with E-state index in [0.29, 0.717) is 30.2 Å². The Labute approximate surface area is 204 Å². The van der Waals surface area contributed by atoms with E-state index in [0.717, 1.165) is 47.3 Å². The van der Waals surface area contributed by atoms with Crippen molar-refractivity contribution in [2.24, 2.45) is 0 Å². The summed E-state index contributed by atoms with van der Waals surface area (Å²) >= 11 is 1.68. The van der Waals surface area contributed by atoms with E-state index in [4.69, 9.17) is 19.4 Å². The van der Waals surface area contributed by atoms with Gasteiger partial charge in [-0.05, 0) is 43.9 Å². The second-order valence-corrected chi connectivity index (χ2v) is 9.22. The molecule has 0 spiro atoms. The van der Waals surface area contributed by atoms with Gasteiger partial charge in [0.1, 0.15) is 5.82 Å². The first-order valence-corrected chi connectivity index (χ1v) is 12.7. The predicted octanol–water partition coefficient (Wildman–Crippen LogP) is 3.77. The Hall–Kier alpha value is -3.01. The molecule has 0 radical (unpaired) electrons. The molecule has 0 unspecified atom stereocenters. The van der Waals surface area contributed by atoms with Gasteiger partial charge in [0, 0.05) is 31.0 Å². The van der Waals surface area contributed by atoms with E-state index < -0.39 is 0 Å². The third-order valence-electron chi connectivity index (χ3n) is 5.80. The van der Waals surface area contributed by atoms with Gasteiger partial charge in [0.2, 0.25) is 0 Å². The molecule has 9 nitrogen and oxygen atoms in total. The zero-order chi connectivity index (χ0) is 23.9. The van der Waals surface area contributed by atoms with E-state index in [1.54, 1.807) is 44.2 Å². The summed E-state index contributed by atoms with van der Waals surface area (Å²) < 4.78 is 12.4. The third-order valence-corrected chi connectivity index (χ3v) is 6.85. The summed E-state index contributed by atoms with van der Waals surface area (Å²) in [4.78, 5) is 24.7. The fourth-order valence-corrected chi connectivity index (χ4v) is 4.73. The molecule has 10 heteroatoms. The molecule has 182 valence electrons. The van der Waals surface area contributed by atoms with Crippen LogP contribution >= 0.6 is 11.8 Å². The highest BCUT2D eigenvalue weighted by atomic mass is 32.2. The Morgan fingerprint density at radius 2 is 1.91 bits per heavy atom. The van der Waals surface area contributed by atoms with Crippen LogP contribution in [0.15, 0.2) is 29.6 Å². The lowest BCUT2D eigenvalue weighted by Crippen LogP contribution is -2.30. The van der Waals surface area contributed by atoms with Gasteiger partial charge in [0.15, 0.2) is 22.3 Å². The highest BCUT2D eigenvalue weighted by molar-refractivity contribution is 7.99. The van der Waals surface area contributed by atoms with E-state index in [2.05, 4.69) is 22.2 Å². The Morgan fingerprint density at radius 3 is 2.65 bits per heavy atom. The Kier molecular flexibility index (Phi) is 8.10. The van der Waals surface area contributed by atoms with Crippen molar-refractivity contribution in [2.75, 3.05) is 44.5 Å². The molecule has 3 heterocycles. The first-order valence-electron chi connectivity index (χ1n) is 11.8. The molecule has 1 aromatic carbocycles. The standard InChI is InChI=1S/C24H32N6O3S/c1-4-14-34-24-27-21(29-11-6-5-7-12-29)18-16-26-30(22(18)28-24)13-10-25-23(31)17-8-9-19(32-2)20(15-17)33-3/h8-9,15-16H,4-7,10-14H2,1-3H3,(H,25,31). The van der Waals surface area contributed by atoms with Gasteiger partial charge < -0.3 is 19.7 Å².